The van der Waals surface area contributed by atoms with Gasteiger partial charge in [-0.3, -0.25) is 0 Å². The first-order chi connectivity index (χ1) is 19.5. The number of aromatic nitrogens is 1. The van der Waals surface area contributed by atoms with E-state index in [1.807, 2.05) is 54.1 Å². The van der Waals surface area contributed by atoms with Crippen molar-refractivity contribution in [3.8, 4) is 11.4 Å². The van der Waals surface area contributed by atoms with Crippen molar-refractivity contribution in [2.75, 3.05) is 13.6 Å². The van der Waals surface area contributed by atoms with Gasteiger partial charge in [-0.1, -0.05) is 0 Å². The molecule has 1 aromatic heterocycles. The standard InChI is InChI=1S/C22H19N2O3.3C4H9.Sn/c1-3-23(2)22(25)27-21-18-13-9-15-24(18)17-12-7-8-14-19(17)26-20(21)16-10-5-4-6-11-16;3*1-3-4-2;/h5-15H,3H2,1-2H3;3*1,3-4H2,2H3;. The fraction of sp³-hybridized carbons (Fsp3) is 0.441. The average Bonchev–Trinajstić information content (AvgIpc) is 3.43. The first-order valence-electron chi connectivity index (χ1n) is 15.2. The van der Waals surface area contributed by atoms with Gasteiger partial charge in [-0.2, -0.15) is 0 Å². The van der Waals surface area contributed by atoms with E-state index in [0.29, 0.717) is 18.1 Å². The van der Waals surface area contributed by atoms with E-state index in [4.69, 9.17) is 9.47 Å². The van der Waals surface area contributed by atoms with E-state index in [-0.39, 0.29) is 0 Å². The summed E-state index contributed by atoms with van der Waals surface area (Å²) in [6, 6.07) is 21.1. The van der Waals surface area contributed by atoms with E-state index < -0.39 is 24.5 Å². The molecule has 2 heterocycles. The Morgan fingerprint density at radius 2 is 1.48 bits per heavy atom. The number of nitrogens with zero attached hydrogens (tertiary/aromatic N) is 2. The summed E-state index contributed by atoms with van der Waals surface area (Å²) in [6.07, 6.45) is 9.36. The Balaban J connectivity index is 1.82. The Kier molecular flexibility index (Phi) is 10.8. The van der Waals surface area contributed by atoms with Gasteiger partial charge in [-0.05, 0) is 0 Å². The molecule has 0 radical (unpaired) electrons. The van der Waals surface area contributed by atoms with E-state index in [1.54, 1.807) is 15.5 Å². The third kappa shape index (κ3) is 6.62. The minimum atomic E-state index is -2.58. The van der Waals surface area contributed by atoms with Crippen molar-refractivity contribution in [1.29, 1.82) is 0 Å². The van der Waals surface area contributed by atoms with Crippen LogP contribution in [0.15, 0.2) is 66.9 Å². The van der Waals surface area contributed by atoms with Gasteiger partial charge in [0.05, 0.1) is 0 Å². The molecule has 0 atom stereocenters. The van der Waals surface area contributed by atoms with Crippen molar-refractivity contribution in [2.45, 2.75) is 79.5 Å². The molecule has 0 saturated heterocycles. The summed E-state index contributed by atoms with van der Waals surface area (Å²) in [4.78, 5) is 14.6. The molecule has 0 saturated carbocycles. The quantitative estimate of drug-likeness (QED) is 0.174. The Labute approximate surface area is 245 Å². The molecule has 1 aliphatic heterocycles. The molecular weight excluding hydrogens is 603 g/mol. The number of unbranched alkanes of at least 4 members (excludes halogenated alkanes) is 3. The molecule has 1 aliphatic rings. The molecule has 40 heavy (non-hydrogen) atoms. The molecule has 0 aliphatic carbocycles. The number of benzene rings is 2. The third-order valence-corrected chi connectivity index (χ3v) is 24.0. The molecule has 3 aromatic rings. The molecule has 2 aromatic carbocycles. The number of hydrogen-bond donors (Lipinski definition) is 0. The molecule has 214 valence electrons. The molecule has 0 N–H and O–H groups in total. The number of rotatable bonds is 13. The van der Waals surface area contributed by atoms with Crippen molar-refractivity contribution in [3.05, 3.63) is 78.1 Å². The van der Waals surface area contributed by atoms with Crippen LogP contribution in [0.5, 0.6) is 5.75 Å². The van der Waals surface area contributed by atoms with Crippen LogP contribution < -0.4 is 8.32 Å². The van der Waals surface area contributed by atoms with Crippen molar-refractivity contribution in [1.82, 2.24) is 9.47 Å². The number of fused-ring (bicyclic) bond motifs is 3. The van der Waals surface area contributed by atoms with Crippen molar-refractivity contribution < 1.29 is 14.3 Å². The fourth-order valence-corrected chi connectivity index (χ4v) is 21.6. The van der Waals surface area contributed by atoms with Crippen LogP contribution in [0.1, 0.15) is 77.5 Å². The van der Waals surface area contributed by atoms with E-state index in [1.165, 1.54) is 51.8 Å². The van der Waals surface area contributed by atoms with E-state index >= 15 is 0 Å². The Hall–Kier alpha value is -2.67. The number of para-hydroxylation sites is 2. The summed E-state index contributed by atoms with van der Waals surface area (Å²) in [5.41, 5.74) is 2.64. The van der Waals surface area contributed by atoms with Gasteiger partial charge in [0.15, 0.2) is 0 Å². The summed E-state index contributed by atoms with van der Waals surface area (Å²) in [5.74, 6) is 1.75. The maximum atomic E-state index is 13.0. The minimum absolute atomic E-state index is 0.400. The van der Waals surface area contributed by atoms with Gasteiger partial charge in [-0.25, -0.2) is 0 Å². The predicted octanol–water partition coefficient (Wildman–Crippen LogP) is 8.84. The fourth-order valence-electron chi connectivity index (χ4n) is 5.70. The summed E-state index contributed by atoms with van der Waals surface area (Å²) >= 11 is -2.58. The van der Waals surface area contributed by atoms with Crippen molar-refractivity contribution >= 4 is 39.6 Å². The monoisotopic (exact) mass is 650 g/mol. The van der Waals surface area contributed by atoms with Crippen LogP contribution in [-0.2, 0) is 4.74 Å². The number of ether oxygens (including phenoxy) is 2. The third-order valence-electron chi connectivity index (χ3n) is 8.29. The number of carbonyl (C=O) groups excluding carboxylic acids is 1. The van der Waals surface area contributed by atoms with Crippen LogP contribution >= 0.6 is 0 Å². The van der Waals surface area contributed by atoms with Gasteiger partial charge in [0.25, 0.3) is 0 Å². The SMILES string of the molecule is CCC[CH2][Sn]([CH2]CCC)([CH2]CCC)[c]1ccc(C2=C(OC(=O)N(C)CC)c3cccn3-c3ccccc3O2)cc1. The average molecular weight is 649 g/mol. The van der Waals surface area contributed by atoms with E-state index in [9.17, 15) is 4.79 Å². The Morgan fingerprint density at radius 1 is 0.850 bits per heavy atom. The van der Waals surface area contributed by atoms with Gasteiger partial charge in [0.1, 0.15) is 0 Å². The molecule has 0 spiro atoms. The second kappa shape index (κ2) is 14.3. The normalized spacial score (nSPS) is 12.8. The summed E-state index contributed by atoms with van der Waals surface area (Å²) in [5, 5.41) is 0. The molecule has 6 heteroatoms. The first kappa shape index (κ1) is 30.3. The van der Waals surface area contributed by atoms with Crippen LogP contribution in [0.3, 0.4) is 0 Å². The summed E-state index contributed by atoms with van der Waals surface area (Å²) in [6.45, 7) is 9.46. The predicted molar refractivity (Wildman–Crippen MR) is 169 cm³/mol. The topological polar surface area (TPSA) is 43.7 Å². The zero-order chi connectivity index (χ0) is 28.5. The molecule has 4 rings (SSSR count). The summed E-state index contributed by atoms with van der Waals surface area (Å²) < 4.78 is 20.6. The Morgan fingerprint density at radius 3 is 2.08 bits per heavy atom. The molecule has 5 nitrogen and oxygen atoms in total. The van der Waals surface area contributed by atoms with Crippen LogP contribution in [0.25, 0.3) is 17.2 Å². The molecule has 0 fully saturated rings. The molecular formula is C34H46N2O3Sn. The van der Waals surface area contributed by atoms with Gasteiger partial charge < -0.3 is 0 Å². The van der Waals surface area contributed by atoms with Gasteiger partial charge >= 0.3 is 246 Å². The second-order valence-corrected chi connectivity index (χ2v) is 24.3. The van der Waals surface area contributed by atoms with Crippen LogP contribution in [-0.4, -0.2) is 47.5 Å². The maximum absolute atomic E-state index is 13.0. The van der Waals surface area contributed by atoms with Crippen molar-refractivity contribution in [3.63, 3.8) is 0 Å². The van der Waals surface area contributed by atoms with E-state index in [0.717, 1.165) is 22.7 Å². The van der Waals surface area contributed by atoms with Gasteiger partial charge in [0, 0.05) is 0 Å². The van der Waals surface area contributed by atoms with E-state index in [2.05, 4.69) is 45.0 Å². The zero-order valence-electron chi connectivity index (χ0n) is 25.0. The zero-order valence-corrected chi connectivity index (χ0v) is 27.9. The van der Waals surface area contributed by atoms with Crippen LogP contribution in [0.4, 0.5) is 4.79 Å². The first-order valence-corrected chi connectivity index (χ1v) is 22.7. The van der Waals surface area contributed by atoms with Crippen LogP contribution in [0.2, 0.25) is 13.3 Å². The van der Waals surface area contributed by atoms with Gasteiger partial charge in [-0.15, -0.1) is 0 Å². The van der Waals surface area contributed by atoms with Crippen LogP contribution in [0, 0.1) is 0 Å². The molecule has 0 bridgehead atoms. The molecule has 0 unspecified atom stereocenters. The number of carbonyl (C=O) groups is 1. The summed E-state index contributed by atoms with van der Waals surface area (Å²) in [7, 11) is 1.75. The van der Waals surface area contributed by atoms with Gasteiger partial charge in [0.2, 0.25) is 0 Å². The molecule has 1 amide bonds. The van der Waals surface area contributed by atoms with Crippen molar-refractivity contribution in [2.24, 2.45) is 0 Å². The Bertz CT molecular complexity index is 1270. The number of hydrogen-bond acceptors (Lipinski definition) is 3. The number of amides is 1. The second-order valence-electron chi connectivity index (χ2n) is 11.0.